The summed E-state index contributed by atoms with van der Waals surface area (Å²) in [6.45, 7) is 16.3. The van der Waals surface area contributed by atoms with Crippen LogP contribution in [0.15, 0.2) is 34.3 Å². The number of fused-ring (bicyclic) bond motifs is 8. The quantitative estimate of drug-likeness (QED) is 0.331. The Hall–Kier alpha value is -1.57. The first kappa shape index (κ1) is 31.1. The van der Waals surface area contributed by atoms with Crippen molar-refractivity contribution in [3.63, 3.8) is 0 Å². The van der Waals surface area contributed by atoms with Gasteiger partial charge in [0.05, 0.1) is 16.3 Å². The van der Waals surface area contributed by atoms with Crippen LogP contribution in [0, 0.1) is 50.2 Å². The van der Waals surface area contributed by atoms with Gasteiger partial charge >= 0.3 is 0 Å². The molecule has 0 spiro atoms. The van der Waals surface area contributed by atoms with Gasteiger partial charge < -0.3 is 10.4 Å². The molecule has 0 aliphatic heterocycles. The van der Waals surface area contributed by atoms with E-state index < -0.39 is 5.41 Å². The van der Waals surface area contributed by atoms with Gasteiger partial charge in [-0.3, -0.25) is 9.59 Å². The Kier molecular flexibility index (Phi) is 6.87. The number of para-hydroxylation sites is 1. The maximum absolute atomic E-state index is 14.6. The predicted octanol–water partition coefficient (Wildman–Crippen LogP) is 9.34. The number of hydrogen-bond acceptors (Lipinski definition) is 5. The molecule has 0 radical (unpaired) electrons. The first-order chi connectivity index (χ1) is 20.5. The molecule has 1 aromatic heterocycles. The first-order valence-corrected chi connectivity index (χ1v) is 18.4. The number of benzene rings is 1. The van der Waals surface area contributed by atoms with Gasteiger partial charge in [0.25, 0.3) is 0 Å². The third kappa shape index (κ3) is 4.06. The third-order valence-corrected chi connectivity index (χ3v) is 16.3. The minimum atomic E-state index is -0.535. The number of anilines is 1. The van der Waals surface area contributed by atoms with Crippen molar-refractivity contribution in [1.29, 1.82) is 0 Å². The highest BCUT2D eigenvalue weighted by Crippen LogP contribution is 2.75. The molecule has 2 N–H and O–H groups in total. The number of nitrogens with zero attached hydrogens (tertiary/aromatic N) is 1. The Morgan fingerprint density at radius 1 is 1.00 bits per heavy atom. The number of amides is 1. The van der Waals surface area contributed by atoms with Crippen LogP contribution in [0.3, 0.4) is 0 Å². The minimum Gasteiger partial charge on any atom is -0.393 e. The molecule has 7 rings (SSSR count). The van der Waals surface area contributed by atoms with E-state index in [1.165, 1.54) is 16.9 Å². The van der Waals surface area contributed by atoms with Gasteiger partial charge in [0.1, 0.15) is 0 Å². The van der Waals surface area contributed by atoms with Gasteiger partial charge in [0.2, 0.25) is 5.91 Å². The normalized spacial score (nSPS) is 44.6. The van der Waals surface area contributed by atoms with Crippen molar-refractivity contribution in [2.75, 3.05) is 5.32 Å². The van der Waals surface area contributed by atoms with Crippen molar-refractivity contribution in [3.8, 4) is 0 Å². The molecule has 238 valence electrons. The van der Waals surface area contributed by atoms with Crippen LogP contribution in [0.4, 0.5) is 5.13 Å². The summed E-state index contributed by atoms with van der Waals surface area (Å²) < 4.78 is 1.98. The monoisotopic (exact) mass is 680 g/mol. The zero-order valence-corrected chi connectivity index (χ0v) is 29.9. The lowest BCUT2D eigenvalue weighted by Crippen LogP contribution is -2.66. The van der Waals surface area contributed by atoms with Crippen molar-refractivity contribution in [2.45, 2.75) is 112 Å². The fourth-order valence-corrected chi connectivity index (χ4v) is 13.1. The number of aliphatic hydroxyl groups excluding tert-OH is 1. The van der Waals surface area contributed by atoms with Crippen molar-refractivity contribution in [3.05, 3.63) is 34.3 Å². The van der Waals surface area contributed by atoms with Crippen LogP contribution in [0.25, 0.3) is 10.2 Å². The fraction of sp³-hybridized carbons (Fsp3) is 0.703. The van der Waals surface area contributed by atoms with Crippen LogP contribution in [-0.4, -0.2) is 27.9 Å². The smallest absolute Gasteiger partial charge is 0.232 e. The average molecular weight is 682 g/mol. The number of aromatic nitrogens is 1. The molecule has 9 atom stereocenters. The van der Waals surface area contributed by atoms with Crippen LogP contribution >= 0.6 is 27.3 Å². The molecule has 4 fully saturated rings. The number of hydrogen-bond donors (Lipinski definition) is 2. The summed E-state index contributed by atoms with van der Waals surface area (Å²) in [4.78, 5) is 33.4. The lowest BCUT2D eigenvalue weighted by Gasteiger charge is -2.70. The predicted molar refractivity (Wildman–Crippen MR) is 181 cm³/mol. The molecule has 0 bridgehead atoms. The second-order valence-corrected chi connectivity index (χ2v) is 19.1. The number of carbonyl (C=O) groups excluding carboxylic acids is 2. The van der Waals surface area contributed by atoms with Crippen LogP contribution in [0.1, 0.15) is 106 Å². The van der Waals surface area contributed by atoms with E-state index in [0.717, 1.165) is 72.5 Å². The molecule has 2 aromatic rings. The largest absolute Gasteiger partial charge is 0.393 e. The highest BCUT2D eigenvalue weighted by atomic mass is 79.9. The zero-order valence-electron chi connectivity index (χ0n) is 27.5. The molecule has 0 saturated heterocycles. The number of nitrogens with one attached hydrogen (secondary N) is 1. The van der Waals surface area contributed by atoms with Gasteiger partial charge in [-0.25, -0.2) is 4.98 Å². The van der Waals surface area contributed by atoms with Gasteiger partial charge in [-0.15, -0.1) is 0 Å². The Balaban J connectivity index is 1.23. The number of thiazole rings is 1. The molecular weight excluding hydrogens is 632 g/mol. The van der Waals surface area contributed by atoms with Crippen molar-refractivity contribution < 1.29 is 14.7 Å². The summed E-state index contributed by atoms with van der Waals surface area (Å²) in [5.41, 5.74) is 1.23. The molecule has 44 heavy (non-hydrogen) atoms. The Morgan fingerprint density at radius 2 is 1.73 bits per heavy atom. The van der Waals surface area contributed by atoms with E-state index in [9.17, 15) is 14.7 Å². The number of aliphatic hydroxyl groups is 1. The molecule has 5 aliphatic rings. The molecule has 7 heteroatoms. The second-order valence-electron chi connectivity index (χ2n) is 17.2. The summed E-state index contributed by atoms with van der Waals surface area (Å²) in [5, 5.41) is 14.9. The zero-order chi connectivity index (χ0) is 31.7. The van der Waals surface area contributed by atoms with E-state index in [1.54, 1.807) is 0 Å². The van der Waals surface area contributed by atoms with Crippen molar-refractivity contribution >= 4 is 54.3 Å². The SMILES string of the molecule is CC1(C)[C@@H](O)CC[C@]2(C)[C@H]3C(=O)C=C4[C@@H]5C[C@@](C)(C(=O)Nc6nc7c(Br)cccc7s6)CC[C@]5(C)CC[C@@]4(C)[C@]3(C)CC[C@@H]12. The number of rotatable bonds is 2. The second kappa shape index (κ2) is 9.73. The topological polar surface area (TPSA) is 79.3 Å². The van der Waals surface area contributed by atoms with Crippen LogP contribution in [-0.2, 0) is 9.59 Å². The Morgan fingerprint density at radius 3 is 2.45 bits per heavy atom. The number of allylic oxidation sites excluding steroid dienone is 2. The summed E-state index contributed by atoms with van der Waals surface area (Å²) in [6, 6.07) is 6.01. The van der Waals surface area contributed by atoms with Crippen molar-refractivity contribution in [2.24, 2.45) is 50.2 Å². The molecule has 1 amide bonds. The van der Waals surface area contributed by atoms with Gasteiger partial charge in [-0.1, -0.05) is 71.4 Å². The molecular formula is C37H49BrN2O3S. The van der Waals surface area contributed by atoms with Gasteiger partial charge in [-0.2, -0.15) is 0 Å². The Bertz CT molecular complexity index is 1600. The third-order valence-electron chi connectivity index (χ3n) is 14.7. The van der Waals surface area contributed by atoms with Gasteiger partial charge in [-0.05, 0) is 131 Å². The average Bonchev–Trinajstić information content (AvgIpc) is 3.37. The number of halogens is 1. The van der Waals surface area contributed by atoms with E-state index in [1.807, 2.05) is 18.2 Å². The van der Waals surface area contributed by atoms with Crippen LogP contribution in [0.2, 0.25) is 0 Å². The molecule has 5 nitrogen and oxygen atoms in total. The molecule has 0 unspecified atom stereocenters. The van der Waals surface area contributed by atoms with E-state index >= 15 is 0 Å². The summed E-state index contributed by atoms with van der Waals surface area (Å²) in [6.07, 6.45) is 10.4. The van der Waals surface area contributed by atoms with E-state index in [0.29, 0.717) is 16.8 Å². The van der Waals surface area contributed by atoms with E-state index in [4.69, 9.17) is 4.98 Å². The van der Waals surface area contributed by atoms with Gasteiger partial charge in [0, 0.05) is 15.8 Å². The maximum Gasteiger partial charge on any atom is 0.232 e. The minimum absolute atomic E-state index is 0.0322. The molecule has 4 saturated carbocycles. The highest BCUT2D eigenvalue weighted by molar-refractivity contribution is 9.10. The fourth-order valence-electron chi connectivity index (χ4n) is 11.6. The summed E-state index contributed by atoms with van der Waals surface area (Å²) in [5.74, 6) is 0.852. The lowest BCUT2D eigenvalue weighted by molar-refractivity contribution is -0.202. The van der Waals surface area contributed by atoms with Gasteiger partial charge in [0.15, 0.2) is 10.9 Å². The lowest BCUT2D eigenvalue weighted by atomic mass is 9.33. The number of carbonyl (C=O) groups is 2. The summed E-state index contributed by atoms with van der Waals surface area (Å²) >= 11 is 5.11. The molecule has 1 aromatic carbocycles. The van der Waals surface area contributed by atoms with Crippen molar-refractivity contribution in [1.82, 2.24) is 4.98 Å². The highest BCUT2D eigenvalue weighted by Gasteiger charge is 2.70. The molecule has 5 aliphatic carbocycles. The number of ketones is 1. The van der Waals surface area contributed by atoms with Crippen LogP contribution in [0.5, 0.6) is 0 Å². The van der Waals surface area contributed by atoms with E-state index in [-0.39, 0.29) is 50.9 Å². The van der Waals surface area contributed by atoms with Crippen LogP contribution < -0.4 is 5.32 Å². The first-order valence-electron chi connectivity index (χ1n) is 16.8. The Labute approximate surface area is 275 Å². The standard InChI is InChI=1S/C37H49BrN2O3S/c1-32(2)26-11-14-37(7)29(35(26,5)13-12-27(32)42)24(41)19-21-22-20-34(4,16-15-33(22,3)17-18-36(21,37)6)30(43)40-31-39-28-23(38)9-8-10-25(28)44-31/h8-10,19,22,26-27,29,42H,11-18,20H2,1-7H3,(H,39,40,43)/t22-,26-,27-,29+,33+,34-,35-,36+,37+/m0/s1. The maximum atomic E-state index is 14.6. The molecule has 1 heterocycles. The van der Waals surface area contributed by atoms with E-state index in [2.05, 4.69) is 75.8 Å². The summed E-state index contributed by atoms with van der Waals surface area (Å²) in [7, 11) is 0.